The van der Waals surface area contributed by atoms with E-state index in [1.54, 1.807) is 19.2 Å². The first-order chi connectivity index (χ1) is 7.76. The predicted molar refractivity (Wildman–Crippen MR) is 65.9 cm³/mol. The van der Waals surface area contributed by atoms with Crippen LogP contribution in [0.4, 0.5) is 0 Å². The van der Waals surface area contributed by atoms with E-state index in [-0.39, 0.29) is 6.04 Å². The molecule has 0 heterocycles. The highest BCUT2D eigenvalue weighted by Crippen LogP contribution is 2.10. The Hall–Kier alpha value is -0.770. The molecule has 0 spiro atoms. The molecule has 0 saturated carbocycles. The zero-order chi connectivity index (χ0) is 11.8. The minimum absolute atomic E-state index is 0.254. The maximum Gasteiger partial charge on any atom is 0.115 e. The van der Waals surface area contributed by atoms with E-state index in [4.69, 9.17) is 16.3 Å². The zero-order valence-electron chi connectivity index (χ0n) is 9.45. The van der Waals surface area contributed by atoms with Crippen molar-refractivity contribution in [2.24, 2.45) is 0 Å². The van der Waals surface area contributed by atoms with Crippen LogP contribution in [-0.4, -0.2) is 30.7 Å². The average Bonchev–Trinajstić information content (AvgIpc) is 2.27. The second kappa shape index (κ2) is 7.49. The summed E-state index contributed by atoms with van der Waals surface area (Å²) in [6.45, 7) is 1.35. The van der Waals surface area contributed by atoms with Crippen LogP contribution in [0.3, 0.4) is 0 Å². The summed E-state index contributed by atoms with van der Waals surface area (Å²) < 4.78 is 5.10. The summed E-state index contributed by atoms with van der Waals surface area (Å²) >= 11 is 5.70. The maximum atomic E-state index is 9.31. The fourth-order valence-corrected chi connectivity index (χ4v) is 1.77. The molecule has 0 aliphatic carbocycles. The summed E-state index contributed by atoms with van der Waals surface area (Å²) in [4.78, 5) is 0. The summed E-state index contributed by atoms with van der Waals surface area (Å²) in [5.41, 5.74) is 1.05. The van der Waals surface area contributed by atoms with Gasteiger partial charge in [0.05, 0.1) is 6.61 Å². The van der Waals surface area contributed by atoms with Crippen molar-refractivity contribution in [3.63, 3.8) is 0 Å². The average molecular weight is 244 g/mol. The van der Waals surface area contributed by atoms with Gasteiger partial charge in [-0.05, 0) is 24.1 Å². The topological polar surface area (TPSA) is 41.5 Å². The summed E-state index contributed by atoms with van der Waals surface area (Å²) in [5.74, 6) is 0.904. The summed E-state index contributed by atoms with van der Waals surface area (Å²) in [6.07, 6.45) is 0.869. The van der Waals surface area contributed by atoms with Gasteiger partial charge in [0.2, 0.25) is 0 Å². The van der Waals surface area contributed by atoms with E-state index in [0.29, 0.717) is 24.8 Å². The van der Waals surface area contributed by atoms with Crippen LogP contribution in [0.5, 0.6) is 5.75 Å². The molecule has 1 rings (SSSR count). The fraction of sp³-hybridized carbons (Fsp3) is 0.500. The molecule has 0 aliphatic rings. The van der Waals surface area contributed by atoms with Gasteiger partial charge in [-0.3, -0.25) is 0 Å². The lowest BCUT2D eigenvalue weighted by Gasteiger charge is -2.16. The van der Waals surface area contributed by atoms with E-state index in [1.807, 2.05) is 12.1 Å². The van der Waals surface area contributed by atoms with Crippen LogP contribution in [0.25, 0.3) is 0 Å². The molecule has 1 unspecified atom stereocenters. The van der Waals surface area contributed by atoms with E-state index in [9.17, 15) is 5.11 Å². The molecule has 0 aliphatic heterocycles. The number of alkyl halides is 1. The van der Waals surface area contributed by atoms with Gasteiger partial charge in [-0.1, -0.05) is 12.1 Å². The highest BCUT2D eigenvalue weighted by molar-refractivity contribution is 6.17. The third-order valence-corrected chi connectivity index (χ3v) is 2.55. The largest absolute Gasteiger partial charge is 0.508 e. The Balaban J connectivity index is 2.41. The maximum absolute atomic E-state index is 9.31. The highest BCUT2D eigenvalue weighted by atomic mass is 35.5. The minimum Gasteiger partial charge on any atom is -0.508 e. The zero-order valence-corrected chi connectivity index (χ0v) is 10.2. The van der Waals surface area contributed by atoms with Crippen molar-refractivity contribution in [2.75, 3.05) is 19.6 Å². The molecule has 0 bridgehead atoms. The van der Waals surface area contributed by atoms with E-state index < -0.39 is 0 Å². The first-order valence-corrected chi connectivity index (χ1v) is 5.86. The number of benzene rings is 1. The molecule has 16 heavy (non-hydrogen) atoms. The van der Waals surface area contributed by atoms with Crippen LogP contribution in [0, 0.1) is 0 Å². The quantitative estimate of drug-likeness (QED) is 0.721. The van der Waals surface area contributed by atoms with Gasteiger partial charge in [0.25, 0.3) is 0 Å². The SMILES string of the molecule is COCC(CCCl)NCc1cccc(O)c1. The molecule has 0 amide bonds. The van der Waals surface area contributed by atoms with Crippen LogP contribution in [-0.2, 0) is 11.3 Å². The van der Waals surface area contributed by atoms with Gasteiger partial charge in [0.1, 0.15) is 5.75 Å². The minimum atomic E-state index is 0.254. The Labute approximate surface area is 101 Å². The summed E-state index contributed by atoms with van der Waals surface area (Å²) in [7, 11) is 1.68. The smallest absolute Gasteiger partial charge is 0.115 e. The first-order valence-electron chi connectivity index (χ1n) is 5.32. The number of halogens is 1. The van der Waals surface area contributed by atoms with Crippen LogP contribution in [0.1, 0.15) is 12.0 Å². The van der Waals surface area contributed by atoms with Gasteiger partial charge >= 0.3 is 0 Å². The Morgan fingerprint density at radius 2 is 2.31 bits per heavy atom. The normalized spacial score (nSPS) is 12.6. The van der Waals surface area contributed by atoms with Gasteiger partial charge in [0, 0.05) is 25.6 Å². The Morgan fingerprint density at radius 3 is 2.94 bits per heavy atom. The lowest BCUT2D eigenvalue weighted by molar-refractivity contribution is 0.164. The van der Waals surface area contributed by atoms with Gasteiger partial charge in [-0.25, -0.2) is 0 Å². The number of hydrogen-bond acceptors (Lipinski definition) is 3. The molecule has 1 atom stereocenters. The number of phenols is 1. The summed E-state index contributed by atoms with van der Waals surface area (Å²) in [6, 6.07) is 7.47. The molecule has 0 fully saturated rings. The monoisotopic (exact) mass is 243 g/mol. The van der Waals surface area contributed by atoms with Crippen LogP contribution < -0.4 is 5.32 Å². The molecule has 0 saturated heterocycles. The summed E-state index contributed by atoms with van der Waals surface area (Å²) in [5, 5.41) is 12.7. The lowest BCUT2D eigenvalue weighted by Crippen LogP contribution is -2.33. The van der Waals surface area contributed by atoms with Crippen molar-refractivity contribution in [3.05, 3.63) is 29.8 Å². The van der Waals surface area contributed by atoms with Crippen LogP contribution in [0.15, 0.2) is 24.3 Å². The molecule has 0 radical (unpaired) electrons. The molecule has 90 valence electrons. The molecule has 4 heteroatoms. The molecule has 0 aromatic heterocycles. The highest BCUT2D eigenvalue weighted by Gasteiger charge is 2.06. The van der Waals surface area contributed by atoms with Gasteiger partial charge in [-0.2, -0.15) is 0 Å². The number of hydrogen-bond donors (Lipinski definition) is 2. The number of rotatable bonds is 7. The molecular formula is C12H18ClNO2. The number of methoxy groups -OCH3 is 1. The Kier molecular flexibility index (Phi) is 6.23. The van der Waals surface area contributed by atoms with E-state index in [1.165, 1.54) is 0 Å². The van der Waals surface area contributed by atoms with Crippen LogP contribution in [0.2, 0.25) is 0 Å². The lowest BCUT2D eigenvalue weighted by atomic mass is 10.2. The first kappa shape index (κ1) is 13.3. The van der Waals surface area contributed by atoms with Crippen molar-refractivity contribution >= 4 is 11.6 Å². The van der Waals surface area contributed by atoms with Gasteiger partial charge in [-0.15, -0.1) is 11.6 Å². The van der Waals surface area contributed by atoms with Crippen molar-refractivity contribution in [1.29, 1.82) is 0 Å². The Bertz CT molecular complexity index is 301. The molecular weight excluding hydrogens is 226 g/mol. The molecule has 1 aromatic rings. The van der Waals surface area contributed by atoms with Crippen molar-refractivity contribution in [1.82, 2.24) is 5.32 Å². The van der Waals surface area contributed by atoms with Gasteiger partial charge < -0.3 is 15.2 Å². The second-order valence-corrected chi connectivity index (χ2v) is 4.06. The number of ether oxygens (including phenoxy) is 1. The van der Waals surface area contributed by atoms with E-state index >= 15 is 0 Å². The standard InChI is InChI=1S/C12H18ClNO2/c1-16-9-11(5-6-13)14-8-10-3-2-4-12(15)7-10/h2-4,7,11,14-15H,5-6,8-9H2,1H3. The van der Waals surface area contributed by atoms with E-state index in [2.05, 4.69) is 5.32 Å². The number of nitrogens with one attached hydrogen (secondary N) is 1. The fourth-order valence-electron chi connectivity index (χ4n) is 1.51. The van der Waals surface area contributed by atoms with Crippen molar-refractivity contribution in [2.45, 2.75) is 19.0 Å². The number of phenolic OH excluding ortho intramolecular Hbond substituents is 1. The predicted octanol–water partition coefficient (Wildman–Crippen LogP) is 2.13. The van der Waals surface area contributed by atoms with E-state index in [0.717, 1.165) is 12.0 Å². The van der Waals surface area contributed by atoms with Gasteiger partial charge in [0.15, 0.2) is 0 Å². The molecule has 3 nitrogen and oxygen atoms in total. The van der Waals surface area contributed by atoms with Crippen molar-refractivity contribution < 1.29 is 9.84 Å². The third kappa shape index (κ3) is 4.84. The molecule has 1 aromatic carbocycles. The Morgan fingerprint density at radius 1 is 1.50 bits per heavy atom. The second-order valence-electron chi connectivity index (χ2n) is 3.68. The molecule has 2 N–H and O–H groups in total. The van der Waals surface area contributed by atoms with Crippen LogP contribution >= 0.6 is 11.6 Å². The number of aromatic hydroxyl groups is 1. The van der Waals surface area contributed by atoms with Crippen molar-refractivity contribution in [3.8, 4) is 5.75 Å². The third-order valence-electron chi connectivity index (χ3n) is 2.33.